The Morgan fingerprint density at radius 2 is 2.00 bits per heavy atom. The zero-order chi connectivity index (χ0) is 12.8. The number of benzene rings is 1. The van der Waals surface area contributed by atoms with Crippen molar-refractivity contribution in [1.29, 1.82) is 0 Å². The van der Waals surface area contributed by atoms with Gasteiger partial charge in [0.2, 0.25) is 5.91 Å². The third-order valence-electron chi connectivity index (χ3n) is 2.81. The highest BCUT2D eigenvalue weighted by Gasteiger charge is 2.10. The molecule has 1 atom stereocenters. The van der Waals surface area contributed by atoms with Crippen LogP contribution in [0.25, 0.3) is 0 Å². The van der Waals surface area contributed by atoms with Crippen LogP contribution in [0.5, 0.6) is 0 Å². The third kappa shape index (κ3) is 4.02. The Morgan fingerprint density at radius 1 is 1.41 bits per heavy atom. The first-order valence-corrected chi connectivity index (χ1v) is 5.91. The number of aryl methyl sites for hydroxylation is 1. The van der Waals surface area contributed by atoms with Crippen molar-refractivity contribution in [3.63, 3.8) is 0 Å². The maximum atomic E-state index is 10.8. The van der Waals surface area contributed by atoms with Crippen LogP contribution in [0.4, 0.5) is 0 Å². The van der Waals surface area contributed by atoms with E-state index in [9.17, 15) is 4.79 Å². The average molecular weight is 232 g/mol. The Balaban J connectivity index is 2.82. The normalized spacial score (nSPS) is 12.7. The SMILES string of the molecule is CCN(C=NC(C)=O)C(C)c1ccc(C)cc1. The number of hydrogen-bond donors (Lipinski definition) is 0. The highest BCUT2D eigenvalue weighted by atomic mass is 16.1. The van der Waals surface area contributed by atoms with E-state index in [4.69, 9.17) is 0 Å². The van der Waals surface area contributed by atoms with Crippen LogP contribution >= 0.6 is 0 Å². The van der Waals surface area contributed by atoms with Crippen LogP contribution in [-0.4, -0.2) is 23.7 Å². The zero-order valence-corrected chi connectivity index (χ0v) is 11.0. The summed E-state index contributed by atoms with van der Waals surface area (Å²) in [6, 6.07) is 8.65. The summed E-state index contributed by atoms with van der Waals surface area (Å²) in [5, 5.41) is 0. The van der Waals surface area contributed by atoms with Crippen molar-refractivity contribution in [2.24, 2.45) is 4.99 Å². The largest absolute Gasteiger partial charge is 0.356 e. The lowest BCUT2D eigenvalue weighted by molar-refractivity contribution is -0.115. The van der Waals surface area contributed by atoms with Crippen LogP contribution in [0.15, 0.2) is 29.3 Å². The number of nitrogens with zero attached hydrogens (tertiary/aromatic N) is 2. The Morgan fingerprint density at radius 3 is 2.47 bits per heavy atom. The van der Waals surface area contributed by atoms with E-state index in [1.54, 1.807) is 6.34 Å². The maximum absolute atomic E-state index is 10.8. The standard InChI is InChI=1S/C14H20N2O/c1-5-16(10-15-13(4)17)12(3)14-8-6-11(2)7-9-14/h6-10,12H,5H2,1-4H3. The molecule has 0 bridgehead atoms. The highest BCUT2D eigenvalue weighted by Crippen LogP contribution is 2.18. The predicted octanol–water partition coefficient (Wildman–Crippen LogP) is 2.95. The van der Waals surface area contributed by atoms with Crippen LogP contribution in [0, 0.1) is 6.92 Å². The Labute approximate surface area is 103 Å². The van der Waals surface area contributed by atoms with Crippen molar-refractivity contribution in [3.05, 3.63) is 35.4 Å². The topological polar surface area (TPSA) is 32.7 Å². The van der Waals surface area contributed by atoms with Gasteiger partial charge in [-0.3, -0.25) is 4.79 Å². The van der Waals surface area contributed by atoms with Crippen LogP contribution in [0.1, 0.15) is 37.9 Å². The first-order chi connectivity index (χ1) is 8.04. The Bertz CT molecular complexity index is 395. The Kier molecular flexibility index (Phi) is 4.88. The average Bonchev–Trinajstić information content (AvgIpc) is 2.30. The van der Waals surface area contributed by atoms with Gasteiger partial charge < -0.3 is 4.90 Å². The molecule has 92 valence electrons. The van der Waals surface area contributed by atoms with Crippen molar-refractivity contribution in [2.45, 2.75) is 33.7 Å². The predicted molar refractivity (Wildman–Crippen MR) is 71.1 cm³/mol. The molecule has 0 fully saturated rings. The summed E-state index contributed by atoms with van der Waals surface area (Å²) in [5.74, 6) is -0.167. The van der Waals surface area contributed by atoms with E-state index < -0.39 is 0 Å². The fraction of sp³-hybridized carbons (Fsp3) is 0.429. The molecule has 3 heteroatoms. The summed E-state index contributed by atoms with van der Waals surface area (Å²) in [7, 11) is 0. The van der Waals surface area contributed by atoms with Crippen LogP contribution in [0.2, 0.25) is 0 Å². The molecule has 0 saturated heterocycles. The molecule has 1 rings (SSSR count). The molecule has 0 N–H and O–H groups in total. The first kappa shape index (κ1) is 13.4. The second-order valence-corrected chi connectivity index (χ2v) is 4.18. The molecule has 17 heavy (non-hydrogen) atoms. The molecule has 0 heterocycles. The van der Waals surface area contributed by atoms with E-state index in [-0.39, 0.29) is 11.9 Å². The molecule has 1 unspecified atom stereocenters. The zero-order valence-electron chi connectivity index (χ0n) is 11.0. The number of rotatable bonds is 4. The highest BCUT2D eigenvalue weighted by molar-refractivity contribution is 5.82. The summed E-state index contributed by atoms with van der Waals surface area (Å²) in [5.41, 5.74) is 2.48. The maximum Gasteiger partial charge on any atom is 0.243 e. The molecule has 1 aromatic carbocycles. The lowest BCUT2D eigenvalue weighted by Gasteiger charge is -2.25. The Hall–Kier alpha value is -1.64. The van der Waals surface area contributed by atoms with Crippen molar-refractivity contribution in [1.82, 2.24) is 4.90 Å². The van der Waals surface area contributed by atoms with Crippen molar-refractivity contribution in [2.75, 3.05) is 6.54 Å². The minimum atomic E-state index is -0.167. The van der Waals surface area contributed by atoms with E-state index in [2.05, 4.69) is 50.0 Å². The van der Waals surface area contributed by atoms with Gasteiger partial charge in [-0.2, -0.15) is 0 Å². The lowest BCUT2D eigenvalue weighted by Crippen LogP contribution is -2.25. The second-order valence-electron chi connectivity index (χ2n) is 4.18. The fourth-order valence-electron chi connectivity index (χ4n) is 1.65. The van der Waals surface area contributed by atoms with Crippen molar-refractivity contribution >= 4 is 12.2 Å². The molecular formula is C14H20N2O. The molecule has 0 aromatic heterocycles. The number of carbonyl (C=O) groups excluding carboxylic acids is 1. The van der Waals surface area contributed by atoms with E-state index >= 15 is 0 Å². The van der Waals surface area contributed by atoms with Gasteiger partial charge in [-0.15, -0.1) is 0 Å². The summed E-state index contributed by atoms with van der Waals surface area (Å²) in [4.78, 5) is 16.7. The van der Waals surface area contributed by atoms with Gasteiger partial charge in [-0.25, -0.2) is 4.99 Å². The summed E-state index contributed by atoms with van der Waals surface area (Å²) >= 11 is 0. The van der Waals surface area contributed by atoms with Gasteiger partial charge in [0, 0.05) is 13.5 Å². The minimum absolute atomic E-state index is 0.167. The van der Waals surface area contributed by atoms with Gasteiger partial charge in [0.05, 0.1) is 12.4 Å². The molecule has 0 radical (unpaired) electrons. The molecule has 0 aliphatic rings. The van der Waals surface area contributed by atoms with E-state index in [0.717, 1.165) is 6.54 Å². The summed E-state index contributed by atoms with van der Waals surface area (Å²) in [6.45, 7) is 8.52. The lowest BCUT2D eigenvalue weighted by atomic mass is 10.1. The van der Waals surface area contributed by atoms with Crippen LogP contribution in [0.3, 0.4) is 0 Å². The molecular weight excluding hydrogens is 212 g/mol. The van der Waals surface area contributed by atoms with Gasteiger partial charge in [-0.1, -0.05) is 29.8 Å². The molecule has 0 aliphatic carbocycles. The number of hydrogen-bond acceptors (Lipinski definition) is 1. The summed E-state index contributed by atoms with van der Waals surface area (Å²) in [6.07, 6.45) is 1.63. The van der Waals surface area contributed by atoms with Crippen molar-refractivity contribution in [3.8, 4) is 0 Å². The first-order valence-electron chi connectivity index (χ1n) is 5.91. The van der Waals surface area contributed by atoms with Gasteiger partial charge in [0.1, 0.15) is 0 Å². The molecule has 3 nitrogen and oxygen atoms in total. The quantitative estimate of drug-likeness (QED) is 0.590. The molecule has 0 aliphatic heterocycles. The van der Waals surface area contributed by atoms with Gasteiger partial charge in [0.25, 0.3) is 0 Å². The molecule has 1 amide bonds. The van der Waals surface area contributed by atoms with Gasteiger partial charge in [-0.05, 0) is 26.3 Å². The van der Waals surface area contributed by atoms with Crippen molar-refractivity contribution < 1.29 is 4.79 Å². The minimum Gasteiger partial charge on any atom is -0.356 e. The molecule has 1 aromatic rings. The second kappa shape index (κ2) is 6.18. The van der Waals surface area contributed by atoms with Crippen LogP contribution in [-0.2, 0) is 4.79 Å². The number of amides is 1. The number of carbonyl (C=O) groups is 1. The van der Waals surface area contributed by atoms with Gasteiger partial charge in [0.15, 0.2) is 0 Å². The van der Waals surface area contributed by atoms with E-state index in [1.165, 1.54) is 18.1 Å². The molecule has 0 spiro atoms. The number of aliphatic imine (C=N–C) groups is 1. The van der Waals surface area contributed by atoms with Gasteiger partial charge >= 0.3 is 0 Å². The van der Waals surface area contributed by atoms with E-state index in [0.29, 0.717) is 0 Å². The third-order valence-corrected chi connectivity index (χ3v) is 2.81. The summed E-state index contributed by atoms with van der Waals surface area (Å²) < 4.78 is 0. The van der Waals surface area contributed by atoms with E-state index in [1.807, 2.05) is 4.90 Å². The monoisotopic (exact) mass is 232 g/mol. The molecule has 0 saturated carbocycles. The van der Waals surface area contributed by atoms with Crippen LogP contribution < -0.4 is 0 Å². The smallest absolute Gasteiger partial charge is 0.243 e. The fourth-order valence-corrected chi connectivity index (χ4v) is 1.65.